The van der Waals surface area contributed by atoms with Crippen LogP contribution in [0.3, 0.4) is 0 Å². The molecule has 0 aliphatic rings. The first-order valence-corrected chi connectivity index (χ1v) is 9.48. The number of para-hydroxylation sites is 1. The molecule has 0 radical (unpaired) electrons. The van der Waals surface area contributed by atoms with Gasteiger partial charge in [-0.15, -0.1) is 0 Å². The number of esters is 1. The third-order valence-corrected chi connectivity index (χ3v) is 6.05. The van der Waals surface area contributed by atoms with Crippen molar-refractivity contribution in [2.75, 3.05) is 6.61 Å². The van der Waals surface area contributed by atoms with Gasteiger partial charge in [0.2, 0.25) is 0 Å². The van der Waals surface area contributed by atoms with E-state index in [0.717, 1.165) is 3.97 Å². The fourth-order valence-electron chi connectivity index (χ4n) is 2.49. The van der Waals surface area contributed by atoms with Crippen molar-refractivity contribution in [1.29, 1.82) is 0 Å². The maximum Gasteiger partial charge on any atom is 0.357 e. The zero-order chi connectivity index (χ0) is 17.3. The van der Waals surface area contributed by atoms with E-state index in [9.17, 15) is 13.2 Å². The Kier molecular flexibility index (Phi) is 4.47. The van der Waals surface area contributed by atoms with Gasteiger partial charge in [0.1, 0.15) is 0 Å². The average Bonchev–Trinajstić information content (AvgIpc) is 2.90. The van der Waals surface area contributed by atoms with Crippen molar-refractivity contribution in [3.63, 3.8) is 0 Å². The van der Waals surface area contributed by atoms with E-state index in [2.05, 4.69) is 15.9 Å². The zero-order valence-electron chi connectivity index (χ0n) is 12.8. The Hall–Kier alpha value is -2.12. The van der Waals surface area contributed by atoms with E-state index in [-0.39, 0.29) is 17.2 Å². The van der Waals surface area contributed by atoms with Crippen LogP contribution in [0.4, 0.5) is 0 Å². The van der Waals surface area contributed by atoms with Crippen molar-refractivity contribution < 1.29 is 17.9 Å². The predicted octanol–water partition coefficient (Wildman–Crippen LogP) is 3.82. The maximum atomic E-state index is 13.1. The summed E-state index contributed by atoms with van der Waals surface area (Å²) < 4.78 is 32.7. The minimum atomic E-state index is -3.95. The Morgan fingerprint density at radius 3 is 2.38 bits per heavy atom. The number of halogens is 1. The van der Waals surface area contributed by atoms with Crippen molar-refractivity contribution in [3.8, 4) is 0 Å². The van der Waals surface area contributed by atoms with E-state index in [0.29, 0.717) is 15.4 Å². The molecule has 0 saturated heterocycles. The van der Waals surface area contributed by atoms with Gasteiger partial charge >= 0.3 is 5.97 Å². The van der Waals surface area contributed by atoms with Crippen LogP contribution in [0.25, 0.3) is 10.9 Å². The molecular weight excluding hydrogens is 394 g/mol. The Bertz CT molecular complexity index is 1010. The number of fused-ring (bicyclic) bond motifs is 1. The summed E-state index contributed by atoms with van der Waals surface area (Å²) in [6.07, 6.45) is 0. The first-order chi connectivity index (χ1) is 11.5. The number of benzene rings is 2. The molecule has 0 spiro atoms. The summed E-state index contributed by atoms with van der Waals surface area (Å²) in [5.41, 5.74) is 0.373. The van der Waals surface area contributed by atoms with Crippen molar-refractivity contribution in [2.45, 2.75) is 11.8 Å². The van der Waals surface area contributed by atoms with Crippen molar-refractivity contribution in [1.82, 2.24) is 3.97 Å². The van der Waals surface area contributed by atoms with Crippen LogP contribution < -0.4 is 0 Å². The molecule has 0 atom stereocenters. The molecule has 0 saturated carbocycles. The van der Waals surface area contributed by atoms with E-state index < -0.39 is 16.0 Å². The molecule has 1 heterocycles. The summed E-state index contributed by atoms with van der Waals surface area (Å²) in [5, 5.41) is 0.625. The minimum Gasteiger partial charge on any atom is -0.461 e. The summed E-state index contributed by atoms with van der Waals surface area (Å²) in [4.78, 5) is 12.5. The monoisotopic (exact) mass is 407 g/mol. The van der Waals surface area contributed by atoms with E-state index >= 15 is 0 Å². The highest BCUT2D eigenvalue weighted by Crippen LogP contribution is 2.34. The number of nitrogens with zero attached hydrogens (tertiary/aromatic N) is 1. The van der Waals surface area contributed by atoms with Crippen LogP contribution >= 0.6 is 15.9 Å². The second kappa shape index (κ2) is 6.41. The lowest BCUT2D eigenvalue weighted by Gasteiger charge is -2.11. The first-order valence-electron chi connectivity index (χ1n) is 7.25. The van der Waals surface area contributed by atoms with Gasteiger partial charge in [0.05, 0.1) is 21.5 Å². The summed E-state index contributed by atoms with van der Waals surface area (Å²) >= 11 is 3.35. The number of rotatable bonds is 4. The molecule has 124 valence electrons. The second-order valence-electron chi connectivity index (χ2n) is 4.98. The van der Waals surface area contributed by atoms with Gasteiger partial charge < -0.3 is 4.74 Å². The number of hydrogen-bond acceptors (Lipinski definition) is 4. The molecular formula is C17H14BrNO4S. The van der Waals surface area contributed by atoms with Gasteiger partial charge in [-0.25, -0.2) is 17.2 Å². The van der Waals surface area contributed by atoms with E-state index in [4.69, 9.17) is 4.74 Å². The molecule has 3 aromatic rings. The molecule has 3 rings (SSSR count). The molecule has 0 bridgehead atoms. The van der Waals surface area contributed by atoms with Gasteiger partial charge in [0, 0.05) is 5.39 Å². The molecule has 0 N–H and O–H groups in total. The maximum absolute atomic E-state index is 13.1. The first kappa shape index (κ1) is 16.7. The average molecular weight is 408 g/mol. The predicted molar refractivity (Wildman–Crippen MR) is 94.6 cm³/mol. The highest BCUT2D eigenvalue weighted by Gasteiger charge is 2.30. The summed E-state index contributed by atoms with van der Waals surface area (Å²) in [5.74, 6) is -0.694. The molecule has 5 nitrogen and oxygen atoms in total. The van der Waals surface area contributed by atoms with Crippen LogP contribution in [-0.2, 0) is 14.8 Å². The molecule has 0 amide bonds. The number of ether oxygens (including phenoxy) is 1. The van der Waals surface area contributed by atoms with Crippen LogP contribution in [0.15, 0.2) is 64.0 Å². The SMILES string of the molecule is CCOC(=O)c1c(Br)c2ccccc2n1S(=O)(=O)c1ccccc1. The number of carbonyl (C=O) groups is 1. The Morgan fingerprint density at radius 1 is 1.08 bits per heavy atom. The number of hydrogen-bond donors (Lipinski definition) is 0. The third kappa shape index (κ3) is 2.63. The smallest absolute Gasteiger partial charge is 0.357 e. The summed E-state index contributed by atoms with van der Waals surface area (Å²) in [7, 11) is -3.95. The molecule has 0 unspecified atom stereocenters. The van der Waals surface area contributed by atoms with Crippen LogP contribution in [0.2, 0.25) is 0 Å². The van der Waals surface area contributed by atoms with Crippen LogP contribution in [0, 0.1) is 0 Å². The second-order valence-corrected chi connectivity index (χ2v) is 7.56. The fraction of sp³-hybridized carbons (Fsp3) is 0.118. The highest BCUT2D eigenvalue weighted by atomic mass is 79.9. The van der Waals surface area contributed by atoms with E-state index in [1.54, 1.807) is 49.4 Å². The van der Waals surface area contributed by atoms with Crippen molar-refractivity contribution in [3.05, 3.63) is 64.8 Å². The van der Waals surface area contributed by atoms with Crippen LogP contribution in [-0.4, -0.2) is 25.0 Å². The normalized spacial score (nSPS) is 11.6. The molecule has 7 heteroatoms. The number of carbonyl (C=O) groups excluding carboxylic acids is 1. The zero-order valence-corrected chi connectivity index (χ0v) is 15.2. The molecule has 1 aromatic heterocycles. The minimum absolute atomic E-state index is 0.0399. The molecule has 0 aliphatic heterocycles. The van der Waals surface area contributed by atoms with Crippen molar-refractivity contribution in [2.24, 2.45) is 0 Å². The molecule has 24 heavy (non-hydrogen) atoms. The molecule has 0 aliphatic carbocycles. The summed E-state index contributed by atoms with van der Waals surface area (Å²) in [6, 6.07) is 14.9. The topological polar surface area (TPSA) is 65.4 Å². The van der Waals surface area contributed by atoms with Crippen LogP contribution in [0.5, 0.6) is 0 Å². The van der Waals surface area contributed by atoms with Gasteiger partial charge in [0.15, 0.2) is 5.69 Å². The van der Waals surface area contributed by atoms with Gasteiger partial charge in [-0.2, -0.15) is 0 Å². The van der Waals surface area contributed by atoms with Gasteiger partial charge in [-0.05, 0) is 41.1 Å². The lowest BCUT2D eigenvalue weighted by Crippen LogP contribution is -2.20. The Morgan fingerprint density at radius 2 is 1.71 bits per heavy atom. The Balaban J connectivity index is 2.38. The molecule has 2 aromatic carbocycles. The van der Waals surface area contributed by atoms with Gasteiger partial charge in [0.25, 0.3) is 10.0 Å². The summed E-state index contributed by atoms with van der Waals surface area (Å²) in [6.45, 7) is 1.82. The lowest BCUT2D eigenvalue weighted by molar-refractivity contribution is 0.0517. The van der Waals surface area contributed by atoms with E-state index in [1.165, 1.54) is 12.1 Å². The quantitative estimate of drug-likeness (QED) is 0.616. The Labute approximate surface area is 148 Å². The fourth-order valence-corrected chi connectivity index (χ4v) is 4.82. The highest BCUT2D eigenvalue weighted by molar-refractivity contribution is 9.10. The third-order valence-electron chi connectivity index (χ3n) is 3.52. The van der Waals surface area contributed by atoms with Gasteiger partial charge in [-0.3, -0.25) is 0 Å². The molecule has 0 fully saturated rings. The lowest BCUT2D eigenvalue weighted by atomic mass is 10.2. The largest absolute Gasteiger partial charge is 0.461 e. The van der Waals surface area contributed by atoms with Crippen LogP contribution in [0.1, 0.15) is 17.4 Å². The van der Waals surface area contributed by atoms with Crippen molar-refractivity contribution >= 4 is 42.8 Å². The van der Waals surface area contributed by atoms with E-state index in [1.807, 2.05) is 0 Å². The van der Waals surface area contributed by atoms with Gasteiger partial charge in [-0.1, -0.05) is 36.4 Å². The standard InChI is InChI=1S/C17H14BrNO4S/c1-2-23-17(20)16-15(18)13-10-6-7-11-14(13)19(16)24(21,22)12-8-4-3-5-9-12/h3-11H,2H2,1H3. The number of aromatic nitrogens is 1.